The summed E-state index contributed by atoms with van der Waals surface area (Å²) in [7, 11) is 0. The lowest BCUT2D eigenvalue weighted by molar-refractivity contribution is -0.134. The Morgan fingerprint density at radius 3 is 2.52 bits per heavy atom. The molecule has 0 bridgehead atoms. The van der Waals surface area contributed by atoms with E-state index in [4.69, 9.17) is 4.74 Å². The molecule has 2 saturated heterocycles. The van der Waals surface area contributed by atoms with Crippen LogP contribution in [0, 0.1) is 0 Å². The van der Waals surface area contributed by atoms with Gasteiger partial charge in [-0.25, -0.2) is 0 Å². The highest BCUT2D eigenvalue weighted by Gasteiger charge is 2.33. The molecule has 2 amide bonds. The number of nitrogens with zero attached hydrogens (tertiary/aromatic N) is 2. The quantitative estimate of drug-likeness (QED) is 0.808. The van der Waals surface area contributed by atoms with Gasteiger partial charge in [-0.2, -0.15) is 0 Å². The summed E-state index contributed by atoms with van der Waals surface area (Å²) in [6, 6.07) is 8.14. The highest BCUT2D eigenvalue weighted by Crippen LogP contribution is 2.23. The van der Waals surface area contributed by atoms with Gasteiger partial charge in [-0.15, -0.1) is 0 Å². The van der Waals surface area contributed by atoms with Crippen LogP contribution in [0.15, 0.2) is 24.3 Å². The predicted molar refractivity (Wildman–Crippen MR) is 91.2 cm³/mol. The first kappa shape index (κ1) is 16.5. The fourth-order valence-electron chi connectivity index (χ4n) is 3.81. The highest BCUT2D eigenvalue weighted by atomic mass is 16.5. The number of nitrogens with one attached hydrogen (secondary N) is 2. The Labute approximate surface area is 147 Å². The van der Waals surface area contributed by atoms with E-state index in [0.717, 1.165) is 13.1 Å². The monoisotopic (exact) mass is 344 g/mol. The Morgan fingerprint density at radius 2 is 1.84 bits per heavy atom. The minimum Gasteiger partial charge on any atom is -0.379 e. The van der Waals surface area contributed by atoms with Crippen molar-refractivity contribution in [3.05, 3.63) is 35.4 Å². The highest BCUT2D eigenvalue weighted by molar-refractivity contribution is 5.81. The minimum absolute atomic E-state index is 0.00208. The zero-order valence-electron chi connectivity index (χ0n) is 14.2. The smallest absolute Gasteiger partial charge is 0.226 e. The van der Waals surface area contributed by atoms with Gasteiger partial charge in [0.05, 0.1) is 38.4 Å². The molecule has 0 aromatic heterocycles. The number of fused-ring (bicyclic) bond motifs is 1. The number of rotatable bonds is 3. The molecule has 1 aromatic rings. The molecule has 1 aromatic carbocycles. The largest absolute Gasteiger partial charge is 0.379 e. The van der Waals surface area contributed by atoms with E-state index in [1.54, 1.807) is 0 Å². The molecule has 0 radical (unpaired) electrons. The Hall–Kier alpha value is -1.96. The Balaban J connectivity index is 1.35. The van der Waals surface area contributed by atoms with Crippen molar-refractivity contribution in [1.29, 1.82) is 0 Å². The number of morpholine rings is 1. The number of ether oxygens (including phenoxy) is 1. The molecule has 0 saturated carbocycles. The average Bonchev–Trinajstić information content (AvgIpc) is 3.06. The van der Waals surface area contributed by atoms with Crippen LogP contribution in [-0.4, -0.2) is 60.2 Å². The summed E-state index contributed by atoms with van der Waals surface area (Å²) < 4.78 is 5.38. The molecule has 2 N–H and O–H groups in total. The van der Waals surface area contributed by atoms with Crippen LogP contribution in [0.4, 0.5) is 0 Å². The summed E-state index contributed by atoms with van der Waals surface area (Å²) in [5, 5.41) is 6.33. The molecular weight excluding hydrogens is 320 g/mol. The summed E-state index contributed by atoms with van der Waals surface area (Å²) in [6.45, 7) is 4.32. The van der Waals surface area contributed by atoms with Crippen LogP contribution in [-0.2, 0) is 27.4 Å². The predicted octanol–water partition coefficient (Wildman–Crippen LogP) is 0.0128. The van der Waals surface area contributed by atoms with Gasteiger partial charge < -0.3 is 15.0 Å². The van der Waals surface area contributed by atoms with Gasteiger partial charge in [0.25, 0.3) is 0 Å². The number of benzene rings is 1. The van der Waals surface area contributed by atoms with Crippen LogP contribution in [0.2, 0.25) is 0 Å². The lowest BCUT2D eigenvalue weighted by Crippen LogP contribution is -2.63. The second-order valence-corrected chi connectivity index (χ2v) is 6.88. The number of carbonyl (C=O) groups is 2. The first-order valence-electron chi connectivity index (χ1n) is 8.91. The lowest BCUT2D eigenvalue weighted by Gasteiger charge is -2.40. The molecule has 134 valence electrons. The van der Waals surface area contributed by atoms with E-state index in [0.29, 0.717) is 32.7 Å². The van der Waals surface area contributed by atoms with Gasteiger partial charge in [0.1, 0.15) is 0 Å². The van der Waals surface area contributed by atoms with Gasteiger partial charge in [-0.1, -0.05) is 24.3 Å². The molecule has 25 heavy (non-hydrogen) atoms. The first-order chi connectivity index (χ1) is 12.2. The van der Waals surface area contributed by atoms with E-state index in [1.165, 1.54) is 11.1 Å². The van der Waals surface area contributed by atoms with Crippen molar-refractivity contribution in [2.75, 3.05) is 26.3 Å². The second-order valence-electron chi connectivity index (χ2n) is 6.88. The summed E-state index contributed by atoms with van der Waals surface area (Å²) in [5.41, 5.74) is 2.42. The third kappa shape index (κ3) is 3.68. The van der Waals surface area contributed by atoms with E-state index in [9.17, 15) is 9.59 Å². The standard InChI is InChI=1S/C18H24N4O3/c23-17-10-16(21-5-7-25-8-6-21)19-15(20-17)9-18(24)22-11-13-3-1-2-4-14(13)12-22/h1-4,15-16,19H,5-12H2,(H,20,23). The van der Waals surface area contributed by atoms with Crippen molar-refractivity contribution in [2.45, 2.75) is 38.3 Å². The molecule has 0 spiro atoms. The number of carbonyl (C=O) groups excluding carboxylic acids is 2. The Bertz CT molecular complexity index is 634. The fourth-order valence-corrected chi connectivity index (χ4v) is 3.81. The van der Waals surface area contributed by atoms with Crippen molar-refractivity contribution in [1.82, 2.24) is 20.4 Å². The van der Waals surface area contributed by atoms with Crippen LogP contribution in [0.5, 0.6) is 0 Å². The SMILES string of the molecule is O=C1CC(N2CCOCC2)NC(CC(=O)N2Cc3ccccc3C2)N1. The van der Waals surface area contributed by atoms with Gasteiger partial charge >= 0.3 is 0 Å². The van der Waals surface area contributed by atoms with E-state index in [2.05, 4.69) is 27.7 Å². The van der Waals surface area contributed by atoms with Crippen LogP contribution < -0.4 is 10.6 Å². The minimum atomic E-state index is -0.315. The zero-order valence-corrected chi connectivity index (χ0v) is 14.2. The van der Waals surface area contributed by atoms with Gasteiger partial charge in [0.15, 0.2) is 0 Å². The molecule has 3 aliphatic rings. The molecule has 4 rings (SSSR count). The van der Waals surface area contributed by atoms with E-state index < -0.39 is 0 Å². The zero-order chi connectivity index (χ0) is 17.2. The van der Waals surface area contributed by atoms with Crippen LogP contribution >= 0.6 is 0 Å². The molecule has 7 nitrogen and oxygen atoms in total. The van der Waals surface area contributed by atoms with Crippen LogP contribution in [0.25, 0.3) is 0 Å². The maximum absolute atomic E-state index is 12.7. The summed E-state index contributed by atoms with van der Waals surface area (Å²) in [5.74, 6) is 0.0642. The lowest BCUT2D eigenvalue weighted by atomic mass is 10.1. The Morgan fingerprint density at radius 1 is 1.16 bits per heavy atom. The van der Waals surface area contributed by atoms with Crippen molar-refractivity contribution >= 4 is 11.8 Å². The molecule has 2 unspecified atom stereocenters. The summed E-state index contributed by atoms with van der Waals surface area (Å²) in [4.78, 5) is 28.8. The molecule has 3 heterocycles. The van der Waals surface area contributed by atoms with E-state index in [-0.39, 0.29) is 30.6 Å². The number of amides is 2. The number of hydrogen-bond acceptors (Lipinski definition) is 5. The number of hydrogen-bond donors (Lipinski definition) is 2. The van der Waals surface area contributed by atoms with Gasteiger partial charge in [0, 0.05) is 26.2 Å². The Kier molecular flexibility index (Phi) is 4.70. The first-order valence-corrected chi connectivity index (χ1v) is 8.91. The fraction of sp³-hybridized carbons (Fsp3) is 0.556. The maximum atomic E-state index is 12.7. The normalized spacial score (nSPS) is 27.0. The molecule has 2 fully saturated rings. The van der Waals surface area contributed by atoms with Gasteiger partial charge in [-0.3, -0.25) is 19.8 Å². The molecule has 0 aliphatic carbocycles. The van der Waals surface area contributed by atoms with Crippen molar-refractivity contribution < 1.29 is 14.3 Å². The molecular formula is C18H24N4O3. The van der Waals surface area contributed by atoms with E-state index >= 15 is 0 Å². The maximum Gasteiger partial charge on any atom is 0.226 e. The van der Waals surface area contributed by atoms with Gasteiger partial charge in [-0.05, 0) is 11.1 Å². The summed E-state index contributed by atoms with van der Waals surface area (Å²) >= 11 is 0. The average molecular weight is 344 g/mol. The molecule has 7 heteroatoms. The molecule has 2 atom stereocenters. The van der Waals surface area contributed by atoms with Crippen LogP contribution in [0.3, 0.4) is 0 Å². The third-order valence-corrected chi connectivity index (χ3v) is 5.17. The summed E-state index contributed by atoms with van der Waals surface area (Å²) in [6.07, 6.45) is 0.358. The van der Waals surface area contributed by atoms with Crippen LogP contribution in [0.1, 0.15) is 24.0 Å². The van der Waals surface area contributed by atoms with Crippen molar-refractivity contribution in [3.63, 3.8) is 0 Å². The second kappa shape index (κ2) is 7.11. The van der Waals surface area contributed by atoms with Gasteiger partial charge in [0.2, 0.25) is 11.8 Å². The molecule has 3 aliphatic heterocycles. The van der Waals surface area contributed by atoms with E-state index in [1.807, 2.05) is 17.0 Å². The topological polar surface area (TPSA) is 73.9 Å². The van der Waals surface area contributed by atoms with Crippen molar-refractivity contribution in [2.24, 2.45) is 0 Å². The third-order valence-electron chi connectivity index (χ3n) is 5.17. The van der Waals surface area contributed by atoms with Crippen molar-refractivity contribution in [3.8, 4) is 0 Å².